The molecule has 1 fully saturated rings. The second-order valence-corrected chi connectivity index (χ2v) is 4.21. The van der Waals surface area contributed by atoms with Gasteiger partial charge < -0.3 is 25.4 Å². The Bertz CT molecular complexity index is 367. The Kier molecular flexibility index (Phi) is 3.63. The molecule has 5 nitrogen and oxygen atoms in total. The van der Waals surface area contributed by atoms with Crippen molar-refractivity contribution in [3.8, 4) is 5.75 Å². The first kappa shape index (κ1) is 12.3. The fourth-order valence-electron chi connectivity index (χ4n) is 2.04. The Morgan fingerprint density at radius 2 is 1.76 bits per heavy atom. The van der Waals surface area contributed by atoms with Crippen LogP contribution in [-0.4, -0.2) is 47.3 Å². The Labute approximate surface area is 99.7 Å². The number of rotatable bonds is 2. The van der Waals surface area contributed by atoms with Gasteiger partial charge >= 0.3 is 0 Å². The van der Waals surface area contributed by atoms with Gasteiger partial charge in [0.05, 0.1) is 19.3 Å². The number of aliphatic hydroxyl groups excluding tert-OH is 3. The SMILES string of the molecule is COc1ccc([C@H]2NC[C@H](O)[C@H](O)[C@H]2O)cc1. The van der Waals surface area contributed by atoms with Crippen LogP contribution >= 0.6 is 0 Å². The molecule has 5 heteroatoms. The summed E-state index contributed by atoms with van der Waals surface area (Å²) in [5.74, 6) is 0.736. The lowest BCUT2D eigenvalue weighted by Gasteiger charge is -2.36. The predicted octanol–water partition coefficient (Wildman–Crippen LogP) is -0.578. The molecule has 2 rings (SSSR count). The average molecular weight is 239 g/mol. The molecule has 0 aliphatic carbocycles. The Morgan fingerprint density at radius 3 is 2.35 bits per heavy atom. The molecule has 1 aromatic carbocycles. The molecule has 0 bridgehead atoms. The second-order valence-electron chi connectivity index (χ2n) is 4.21. The maximum absolute atomic E-state index is 9.88. The Balaban J connectivity index is 2.16. The number of methoxy groups -OCH3 is 1. The van der Waals surface area contributed by atoms with Gasteiger partial charge in [0.25, 0.3) is 0 Å². The van der Waals surface area contributed by atoms with Gasteiger partial charge in [0, 0.05) is 6.54 Å². The van der Waals surface area contributed by atoms with E-state index < -0.39 is 18.3 Å². The van der Waals surface area contributed by atoms with E-state index in [1.54, 1.807) is 19.2 Å². The number of ether oxygens (including phenoxy) is 1. The van der Waals surface area contributed by atoms with E-state index in [0.29, 0.717) is 0 Å². The van der Waals surface area contributed by atoms with Crippen molar-refractivity contribution < 1.29 is 20.1 Å². The van der Waals surface area contributed by atoms with Crippen LogP contribution in [0.1, 0.15) is 11.6 Å². The zero-order chi connectivity index (χ0) is 12.4. The van der Waals surface area contributed by atoms with E-state index in [-0.39, 0.29) is 12.6 Å². The van der Waals surface area contributed by atoms with Crippen molar-refractivity contribution in [3.05, 3.63) is 29.8 Å². The number of nitrogens with one attached hydrogen (secondary N) is 1. The third-order valence-electron chi connectivity index (χ3n) is 3.11. The van der Waals surface area contributed by atoms with Crippen molar-refractivity contribution in [3.63, 3.8) is 0 Å². The number of piperidine rings is 1. The van der Waals surface area contributed by atoms with E-state index >= 15 is 0 Å². The molecule has 1 saturated heterocycles. The van der Waals surface area contributed by atoms with E-state index in [0.717, 1.165) is 11.3 Å². The minimum atomic E-state index is -1.12. The number of hydrogen-bond acceptors (Lipinski definition) is 5. The first-order valence-electron chi connectivity index (χ1n) is 5.55. The van der Waals surface area contributed by atoms with Crippen molar-refractivity contribution in [2.24, 2.45) is 0 Å². The van der Waals surface area contributed by atoms with Crippen LogP contribution in [0, 0.1) is 0 Å². The summed E-state index contributed by atoms with van der Waals surface area (Å²) < 4.78 is 5.05. The number of hydrogen-bond donors (Lipinski definition) is 4. The van der Waals surface area contributed by atoms with Crippen LogP contribution in [0.5, 0.6) is 5.75 Å². The van der Waals surface area contributed by atoms with Gasteiger partial charge in [-0.25, -0.2) is 0 Å². The lowest BCUT2D eigenvalue weighted by atomic mass is 9.91. The third-order valence-corrected chi connectivity index (χ3v) is 3.11. The summed E-state index contributed by atoms with van der Waals surface area (Å²) in [6.45, 7) is 0.259. The molecule has 4 atom stereocenters. The molecule has 1 aliphatic rings. The number of aliphatic hydroxyl groups is 3. The molecule has 17 heavy (non-hydrogen) atoms. The molecule has 0 aromatic heterocycles. The molecule has 94 valence electrons. The Morgan fingerprint density at radius 1 is 1.12 bits per heavy atom. The summed E-state index contributed by atoms with van der Waals surface area (Å²) in [5, 5.41) is 31.9. The molecule has 1 heterocycles. The molecule has 0 spiro atoms. The van der Waals surface area contributed by atoms with Crippen LogP contribution in [0.25, 0.3) is 0 Å². The fourth-order valence-corrected chi connectivity index (χ4v) is 2.04. The van der Waals surface area contributed by atoms with E-state index in [1.165, 1.54) is 0 Å². The van der Waals surface area contributed by atoms with Crippen molar-refractivity contribution in [2.45, 2.75) is 24.4 Å². The first-order chi connectivity index (χ1) is 8.13. The van der Waals surface area contributed by atoms with E-state index in [9.17, 15) is 15.3 Å². The molecule has 0 saturated carbocycles. The molecule has 0 radical (unpaired) electrons. The smallest absolute Gasteiger partial charge is 0.118 e. The van der Waals surface area contributed by atoms with Crippen LogP contribution in [-0.2, 0) is 0 Å². The fraction of sp³-hybridized carbons (Fsp3) is 0.500. The van der Waals surface area contributed by atoms with Gasteiger partial charge in [0.1, 0.15) is 18.0 Å². The minimum absolute atomic E-state index is 0.259. The topological polar surface area (TPSA) is 82.0 Å². The second kappa shape index (κ2) is 5.01. The molecule has 1 aromatic rings. The van der Waals surface area contributed by atoms with E-state index in [4.69, 9.17) is 4.74 Å². The number of benzene rings is 1. The summed E-state index contributed by atoms with van der Waals surface area (Å²) in [7, 11) is 1.59. The zero-order valence-corrected chi connectivity index (χ0v) is 9.58. The van der Waals surface area contributed by atoms with Crippen molar-refractivity contribution in [1.29, 1.82) is 0 Å². The van der Waals surface area contributed by atoms with Gasteiger partial charge in [0.2, 0.25) is 0 Å². The predicted molar refractivity (Wildman–Crippen MR) is 61.8 cm³/mol. The lowest BCUT2D eigenvalue weighted by Crippen LogP contribution is -2.55. The first-order valence-corrected chi connectivity index (χ1v) is 5.55. The standard InChI is InChI=1S/C12H17NO4/c1-17-8-4-2-7(3-5-8)10-12(16)11(15)9(14)6-13-10/h2-5,9-16H,6H2,1H3/t9-,10+,11-,12-/m0/s1. The molecule has 0 unspecified atom stereocenters. The monoisotopic (exact) mass is 239 g/mol. The quantitative estimate of drug-likeness (QED) is 0.555. The highest BCUT2D eigenvalue weighted by atomic mass is 16.5. The van der Waals surface area contributed by atoms with Crippen molar-refractivity contribution in [2.75, 3.05) is 13.7 Å². The van der Waals surface area contributed by atoms with E-state index in [2.05, 4.69) is 5.32 Å². The van der Waals surface area contributed by atoms with Crippen LogP contribution < -0.4 is 10.1 Å². The van der Waals surface area contributed by atoms with Gasteiger partial charge in [-0.15, -0.1) is 0 Å². The van der Waals surface area contributed by atoms with Crippen molar-refractivity contribution >= 4 is 0 Å². The summed E-state index contributed by atoms with van der Waals surface area (Å²) in [4.78, 5) is 0. The van der Waals surface area contributed by atoms with Crippen molar-refractivity contribution in [1.82, 2.24) is 5.32 Å². The molecular formula is C12H17NO4. The molecule has 1 aliphatic heterocycles. The molecule has 0 amide bonds. The largest absolute Gasteiger partial charge is 0.497 e. The molecular weight excluding hydrogens is 222 g/mol. The minimum Gasteiger partial charge on any atom is -0.497 e. The van der Waals surface area contributed by atoms with Gasteiger partial charge in [-0.05, 0) is 17.7 Å². The highest BCUT2D eigenvalue weighted by Gasteiger charge is 2.36. The highest BCUT2D eigenvalue weighted by Crippen LogP contribution is 2.25. The summed E-state index contributed by atoms with van der Waals surface area (Å²) in [5.41, 5.74) is 0.851. The van der Waals surface area contributed by atoms with Gasteiger partial charge in [0.15, 0.2) is 0 Å². The average Bonchev–Trinajstić information content (AvgIpc) is 2.36. The summed E-state index contributed by atoms with van der Waals surface area (Å²) >= 11 is 0. The summed E-state index contributed by atoms with van der Waals surface area (Å²) in [6.07, 6.45) is -3.07. The normalized spacial score (nSPS) is 33.4. The maximum atomic E-state index is 9.88. The van der Waals surface area contributed by atoms with Gasteiger partial charge in [-0.1, -0.05) is 12.1 Å². The highest BCUT2D eigenvalue weighted by molar-refractivity contribution is 5.30. The molecule has 4 N–H and O–H groups in total. The van der Waals surface area contributed by atoms with Crippen LogP contribution in [0.4, 0.5) is 0 Å². The zero-order valence-electron chi connectivity index (χ0n) is 9.58. The lowest BCUT2D eigenvalue weighted by molar-refractivity contribution is -0.0949. The van der Waals surface area contributed by atoms with Crippen LogP contribution in [0.15, 0.2) is 24.3 Å². The van der Waals surface area contributed by atoms with E-state index in [1.807, 2.05) is 12.1 Å². The van der Waals surface area contributed by atoms with Gasteiger partial charge in [-0.3, -0.25) is 0 Å². The Hall–Kier alpha value is -1.14. The van der Waals surface area contributed by atoms with Crippen LogP contribution in [0.2, 0.25) is 0 Å². The van der Waals surface area contributed by atoms with Gasteiger partial charge in [-0.2, -0.15) is 0 Å². The van der Waals surface area contributed by atoms with Crippen LogP contribution in [0.3, 0.4) is 0 Å². The number of β-amino-alcohol motifs (C(OH)–C–C–N with tert-alkyl or cyclic N) is 1. The maximum Gasteiger partial charge on any atom is 0.118 e. The third kappa shape index (κ3) is 2.42. The summed E-state index contributed by atoms with van der Waals surface area (Å²) in [6, 6.07) is 6.86.